The van der Waals surface area contributed by atoms with Gasteiger partial charge in [0.05, 0.1) is 0 Å². The van der Waals surface area contributed by atoms with Crippen LogP contribution in [0.25, 0.3) is 0 Å². The number of likely N-dealkylation sites (tertiary alicyclic amines) is 2. The Morgan fingerprint density at radius 1 is 0.826 bits per heavy atom. The highest BCUT2D eigenvalue weighted by Gasteiger charge is 2.26. The largest absolute Gasteiger partial charge is 0.343 e. The minimum atomic E-state index is 0.448. The summed E-state index contributed by atoms with van der Waals surface area (Å²) in [5.74, 6) is 2.87. The molecule has 0 aromatic carbocycles. The van der Waals surface area contributed by atoms with Crippen molar-refractivity contribution in [2.45, 2.75) is 71.1 Å². The first kappa shape index (κ1) is 17.3. The second kappa shape index (κ2) is 8.50. The monoisotopic (exact) mass is 320 g/mol. The Kier molecular flexibility index (Phi) is 6.38. The highest BCUT2D eigenvalue weighted by Crippen LogP contribution is 2.29. The second-order valence-corrected chi connectivity index (χ2v) is 8.52. The van der Waals surface area contributed by atoms with Gasteiger partial charge >= 0.3 is 0 Å². The van der Waals surface area contributed by atoms with Crippen LogP contribution in [0.15, 0.2) is 0 Å². The first-order valence-electron chi connectivity index (χ1n) is 10.2. The third-order valence-corrected chi connectivity index (χ3v) is 6.53. The third kappa shape index (κ3) is 5.20. The van der Waals surface area contributed by atoms with Crippen molar-refractivity contribution in [1.82, 2.24) is 9.80 Å². The lowest BCUT2D eigenvalue weighted by atomic mass is 9.95. The zero-order chi connectivity index (χ0) is 16.1. The van der Waals surface area contributed by atoms with Crippen molar-refractivity contribution < 1.29 is 4.79 Å². The van der Waals surface area contributed by atoms with Crippen molar-refractivity contribution in [3.05, 3.63) is 0 Å². The van der Waals surface area contributed by atoms with Crippen molar-refractivity contribution in [3.8, 4) is 0 Å². The molecule has 0 aromatic rings. The number of nitrogens with zero attached hydrogens (tertiary/aromatic N) is 2. The molecule has 1 saturated carbocycles. The average molecular weight is 321 g/mol. The number of carbonyl (C=O) groups is 1. The van der Waals surface area contributed by atoms with Crippen LogP contribution in [0.5, 0.6) is 0 Å². The molecule has 0 aromatic heterocycles. The first-order chi connectivity index (χ1) is 11.2. The van der Waals surface area contributed by atoms with Crippen LogP contribution in [0.2, 0.25) is 0 Å². The van der Waals surface area contributed by atoms with Gasteiger partial charge in [-0.1, -0.05) is 19.8 Å². The summed E-state index contributed by atoms with van der Waals surface area (Å²) in [6, 6.07) is 0. The van der Waals surface area contributed by atoms with Crippen molar-refractivity contribution in [2.24, 2.45) is 17.8 Å². The fourth-order valence-electron chi connectivity index (χ4n) is 4.80. The number of carbonyl (C=O) groups excluding carboxylic acids is 1. The fourth-order valence-corrected chi connectivity index (χ4v) is 4.80. The molecule has 1 unspecified atom stereocenters. The van der Waals surface area contributed by atoms with Gasteiger partial charge in [-0.25, -0.2) is 0 Å². The summed E-state index contributed by atoms with van der Waals surface area (Å²) in [5, 5.41) is 0. The Hall–Kier alpha value is -0.570. The summed E-state index contributed by atoms with van der Waals surface area (Å²) in [4.78, 5) is 17.4. The summed E-state index contributed by atoms with van der Waals surface area (Å²) in [7, 11) is 0. The van der Waals surface area contributed by atoms with Gasteiger partial charge in [-0.2, -0.15) is 0 Å². The Balaban J connectivity index is 1.40. The van der Waals surface area contributed by atoms with Gasteiger partial charge in [-0.15, -0.1) is 0 Å². The maximum Gasteiger partial charge on any atom is 0.222 e. The van der Waals surface area contributed by atoms with Crippen LogP contribution in [0.3, 0.4) is 0 Å². The van der Waals surface area contributed by atoms with Crippen LogP contribution in [-0.2, 0) is 4.79 Å². The average Bonchev–Trinajstić information content (AvgIpc) is 2.94. The number of rotatable bonds is 4. The molecule has 3 nitrogen and oxygen atoms in total. The van der Waals surface area contributed by atoms with Gasteiger partial charge in [0.1, 0.15) is 0 Å². The molecule has 2 heterocycles. The molecule has 3 rings (SSSR count). The lowest BCUT2D eigenvalue weighted by Gasteiger charge is -2.32. The number of hydrogen-bond acceptors (Lipinski definition) is 2. The maximum atomic E-state index is 12.6. The van der Waals surface area contributed by atoms with E-state index in [-0.39, 0.29) is 0 Å². The van der Waals surface area contributed by atoms with Gasteiger partial charge in [0, 0.05) is 26.1 Å². The molecule has 0 spiro atoms. The molecule has 3 aliphatic rings. The second-order valence-electron chi connectivity index (χ2n) is 8.52. The minimum Gasteiger partial charge on any atom is -0.343 e. The SMILES string of the molecule is CC1CCN(CC2CCCN(C(=O)CC3CCCC3)CC2)CC1. The quantitative estimate of drug-likeness (QED) is 0.783. The molecule has 1 aliphatic carbocycles. The Morgan fingerprint density at radius 2 is 1.52 bits per heavy atom. The van der Waals surface area contributed by atoms with E-state index < -0.39 is 0 Å². The van der Waals surface area contributed by atoms with Crippen LogP contribution < -0.4 is 0 Å². The summed E-state index contributed by atoms with van der Waals surface area (Å²) >= 11 is 0. The van der Waals surface area contributed by atoms with E-state index in [9.17, 15) is 4.79 Å². The molecule has 0 bridgehead atoms. The van der Waals surface area contributed by atoms with Gasteiger partial charge < -0.3 is 9.80 Å². The summed E-state index contributed by atoms with van der Waals surface area (Å²) in [6.07, 6.45) is 12.6. The lowest BCUT2D eigenvalue weighted by molar-refractivity contribution is -0.132. The number of amides is 1. The highest BCUT2D eigenvalue weighted by atomic mass is 16.2. The lowest BCUT2D eigenvalue weighted by Crippen LogP contribution is -2.37. The van der Waals surface area contributed by atoms with Crippen LogP contribution in [-0.4, -0.2) is 48.4 Å². The van der Waals surface area contributed by atoms with E-state index in [4.69, 9.17) is 0 Å². The van der Waals surface area contributed by atoms with E-state index in [1.807, 2.05) is 0 Å². The zero-order valence-corrected chi connectivity index (χ0v) is 15.1. The minimum absolute atomic E-state index is 0.448. The molecule has 23 heavy (non-hydrogen) atoms. The molecule has 0 radical (unpaired) electrons. The number of piperidine rings is 1. The normalized spacial score (nSPS) is 28.9. The van der Waals surface area contributed by atoms with Crippen molar-refractivity contribution in [1.29, 1.82) is 0 Å². The Morgan fingerprint density at radius 3 is 2.26 bits per heavy atom. The summed E-state index contributed by atoms with van der Waals surface area (Å²) in [5.41, 5.74) is 0. The molecule has 1 amide bonds. The van der Waals surface area contributed by atoms with Crippen molar-refractivity contribution in [2.75, 3.05) is 32.7 Å². The van der Waals surface area contributed by atoms with Crippen LogP contribution in [0.1, 0.15) is 71.1 Å². The molecule has 2 aliphatic heterocycles. The zero-order valence-electron chi connectivity index (χ0n) is 15.1. The first-order valence-corrected chi connectivity index (χ1v) is 10.2. The van der Waals surface area contributed by atoms with Crippen molar-refractivity contribution in [3.63, 3.8) is 0 Å². The molecule has 1 atom stereocenters. The maximum absolute atomic E-state index is 12.6. The van der Waals surface area contributed by atoms with E-state index in [0.717, 1.165) is 31.3 Å². The van der Waals surface area contributed by atoms with Crippen LogP contribution >= 0.6 is 0 Å². The summed E-state index contributed by atoms with van der Waals surface area (Å²) in [6.45, 7) is 8.28. The molecular weight excluding hydrogens is 284 g/mol. The standard InChI is InChI=1S/C20H36N2O/c1-17-8-12-21(13-9-17)16-19-7-4-11-22(14-10-19)20(23)15-18-5-2-3-6-18/h17-19H,2-16H2,1H3. The predicted octanol–water partition coefficient (Wildman–Crippen LogP) is 3.93. The fraction of sp³-hybridized carbons (Fsp3) is 0.950. The van der Waals surface area contributed by atoms with Crippen molar-refractivity contribution >= 4 is 5.91 Å². The van der Waals surface area contributed by atoms with Crippen LogP contribution in [0, 0.1) is 17.8 Å². The molecule has 2 saturated heterocycles. The van der Waals surface area contributed by atoms with E-state index in [1.165, 1.54) is 77.4 Å². The van der Waals surface area contributed by atoms with E-state index in [1.54, 1.807) is 0 Å². The molecule has 3 heteroatoms. The van der Waals surface area contributed by atoms with Gasteiger partial charge in [0.15, 0.2) is 0 Å². The highest BCUT2D eigenvalue weighted by molar-refractivity contribution is 5.76. The Labute approximate surface area is 142 Å². The molecular formula is C20H36N2O. The van der Waals surface area contributed by atoms with Gasteiger partial charge in [-0.05, 0) is 75.8 Å². The predicted molar refractivity (Wildman–Crippen MR) is 95.3 cm³/mol. The van der Waals surface area contributed by atoms with Gasteiger partial charge in [-0.3, -0.25) is 4.79 Å². The Bertz CT molecular complexity index is 370. The third-order valence-electron chi connectivity index (χ3n) is 6.53. The molecule has 132 valence electrons. The van der Waals surface area contributed by atoms with E-state index in [0.29, 0.717) is 11.8 Å². The van der Waals surface area contributed by atoms with Crippen LogP contribution in [0.4, 0.5) is 0 Å². The molecule has 3 fully saturated rings. The van der Waals surface area contributed by atoms with E-state index >= 15 is 0 Å². The van der Waals surface area contributed by atoms with E-state index in [2.05, 4.69) is 16.7 Å². The topological polar surface area (TPSA) is 23.6 Å². The smallest absolute Gasteiger partial charge is 0.222 e. The van der Waals surface area contributed by atoms with Gasteiger partial charge in [0.2, 0.25) is 5.91 Å². The molecule has 0 N–H and O–H groups in total. The van der Waals surface area contributed by atoms with Gasteiger partial charge in [0.25, 0.3) is 0 Å². The summed E-state index contributed by atoms with van der Waals surface area (Å²) < 4.78 is 0. The number of hydrogen-bond donors (Lipinski definition) is 0.